The molecule has 0 spiro atoms. The van der Waals surface area contributed by atoms with E-state index in [2.05, 4.69) is 61.2 Å². The molecule has 1 heterocycles. The number of hydrogen-bond acceptors (Lipinski definition) is 7. The molecule has 57 heavy (non-hydrogen) atoms. The number of aromatic nitrogens is 2. The molecular weight excluding hydrogens is 699 g/mol. The molecule has 0 unspecified atom stereocenters. The molecule has 7 heteroatoms. The number of rotatable bonds is 6. The average Bonchev–Trinajstić information content (AvgIpc) is 3.28. The molecular formula is C50H27N7. The van der Waals surface area contributed by atoms with Crippen molar-refractivity contribution in [2.75, 3.05) is 0 Å². The molecule has 0 saturated heterocycles. The van der Waals surface area contributed by atoms with E-state index in [9.17, 15) is 21.0 Å². The van der Waals surface area contributed by atoms with Crippen LogP contribution in [0.25, 0.3) is 87.9 Å². The third kappa shape index (κ3) is 5.36. The Bertz CT molecular complexity index is 3330. The van der Waals surface area contributed by atoms with E-state index in [0.717, 1.165) is 82.4 Å². The first-order chi connectivity index (χ1) is 28.0. The maximum absolute atomic E-state index is 10.4. The Morgan fingerprint density at radius 2 is 0.860 bits per heavy atom. The van der Waals surface area contributed by atoms with Crippen LogP contribution in [0.2, 0.25) is 0 Å². The van der Waals surface area contributed by atoms with Gasteiger partial charge in [0.2, 0.25) is 0 Å². The molecule has 0 aliphatic rings. The molecule has 1 aromatic heterocycles. The van der Waals surface area contributed by atoms with Crippen LogP contribution < -0.4 is 0 Å². The second kappa shape index (κ2) is 13.7. The van der Waals surface area contributed by atoms with Crippen LogP contribution in [0.5, 0.6) is 0 Å². The van der Waals surface area contributed by atoms with Gasteiger partial charge in [-0.2, -0.15) is 21.0 Å². The minimum atomic E-state index is -0.0981. The van der Waals surface area contributed by atoms with Crippen LogP contribution in [0.3, 0.4) is 0 Å². The van der Waals surface area contributed by atoms with Crippen LogP contribution in [-0.2, 0) is 0 Å². The molecule has 0 fully saturated rings. The molecule has 0 bridgehead atoms. The van der Waals surface area contributed by atoms with Crippen molar-refractivity contribution in [1.82, 2.24) is 9.97 Å². The fourth-order valence-corrected chi connectivity index (χ4v) is 8.09. The molecule has 0 amide bonds. The van der Waals surface area contributed by atoms with Crippen LogP contribution in [0, 0.1) is 52.2 Å². The monoisotopic (exact) mass is 725 g/mol. The SMILES string of the molecule is C=C(C#N)/C(C#N)=N\c1c(C)c2c(-c3ccccc3)cc(-c3ccccc3)c3c4nc(C#N)c(C#N)nc4c4c(-c5ccccc5)cc(-c5ccccc5)c1c4c23. The Kier molecular flexibility index (Phi) is 8.26. The van der Waals surface area contributed by atoms with Crippen molar-refractivity contribution in [2.24, 2.45) is 4.99 Å². The third-order valence-corrected chi connectivity index (χ3v) is 10.5. The van der Waals surface area contributed by atoms with Crippen molar-refractivity contribution in [1.29, 1.82) is 21.0 Å². The van der Waals surface area contributed by atoms with Gasteiger partial charge in [-0.3, -0.25) is 0 Å². The predicted molar refractivity (Wildman–Crippen MR) is 227 cm³/mol. The highest BCUT2D eigenvalue weighted by Gasteiger charge is 2.30. The molecule has 0 aliphatic carbocycles. The molecule has 0 saturated carbocycles. The number of hydrogen-bond donors (Lipinski definition) is 0. The molecule has 262 valence electrons. The fraction of sp³-hybridized carbons (Fsp3) is 0.0200. The van der Waals surface area contributed by atoms with Crippen molar-refractivity contribution in [3.63, 3.8) is 0 Å². The van der Waals surface area contributed by atoms with Crippen molar-refractivity contribution < 1.29 is 0 Å². The normalized spacial score (nSPS) is 11.4. The lowest BCUT2D eigenvalue weighted by atomic mass is 9.78. The van der Waals surface area contributed by atoms with Gasteiger partial charge in [0.15, 0.2) is 17.1 Å². The largest absolute Gasteiger partial charge is 0.235 e. The lowest BCUT2D eigenvalue weighted by Gasteiger charge is -2.26. The van der Waals surface area contributed by atoms with Gasteiger partial charge >= 0.3 is 0 Å². The first-order valence-electron chi connectivity index (χ1n) is 18.1. The summed E-state index contributed by atoms with van der Waals surface area (Å²) in [6.07, 6.45) is 0. The van der Waals surface area contributed by atoms with Gasteiger partial charge in [0.1, 0.15) is 24.3 Å². The van der Waals surface area contributed by atoms with Gasteiger partial charge in [0, 0.05) is 26.9 Å². The molecule has 0 aliphatic heterocycles. The molecule has 7 nitrogen and oxygen atoms in total. The van der Waals surface area contributed by atoms with Crippen LogP contribution in [0.1, 0.15) is 17.0 Å². The predicted octanol–water partition coefficient (Wildman–Crippen LogP) is 11.9. The van der Waals surface area contributed by atoms with Crippen LogP contribution >= 0.6 is 0 Å². The summed E-state index contributed by atoms with van der Waals surface area (Å²) in [6, 6.07) is 52.8. The Hall–Kier alpha value is -8.49. The maximum atomic E-state index is 10.4. The summed E-state index contributed by atoms with van der Waals surface area (Å²) >= 11 is 0. The Labute approximate surface area is 328 Å². The molecule has 0 N–H and O–H groups in total. The number of benzene rings is 8. The third-order valence-electron chi connectivity index (χ3n) is 10.5. The topological polar surface area (TPSA) is 133 Å². The van der Waals surface area contributed by atoms with Crippen LogP contribution in [0.15, 0.2) is 151 Å². The second-order valence-corrected chi connectivity index (χ2v) is 13.6. The van der Waals surface area contributed by atoms with E-state index >= 15 is 0 Å². The van der Waals surface area contributed by atoms with Gasteiger partial charge in [0.25, 0.3) is 0 Å². The van der Waals surface area contributed by atoms with Gasteiger partial charge in [-0.1, -0.05) is 128 Å². The van der Waals surface area contributed by atoms with Crippen LogP contribution in [-0.4, -0.2) is 15.7 Å². The van der Waals surface area contributed by atoms with E-state index < -0.39 is 0 Å². The van der Waals surface area contributed by atoms with Gasteiger partial charge in [-0.25, -0.2) is 15.0 Å². The Morgan fingerprint density at radius 3 is 1.23 bits per heavy atom. The van der Waals surface area contributed by atoms with Crippen molar-refractivity contribution in [3.05, 3.63) is 163 Å². The smallest absolute Gasteiger partial charge is 0.177 e. The average molecular weight is 726 g/mol. The van der Waals surface area contributed by atoms with Crippen molar-refractivity contribution in [3.8, 4) is 68.8 Å². The van der Waals surface area contributed by atoms with E-state index in [1.54, 1.807) is 0 Å². The number of aryl methyl sites for hydroxylation is 1. The fourth-order valence-electron chi connectivity index (χ4n) is 8.09. The van der Waals surface area contributed by atoms with Crippen molar-refractivity contribution in [2.45, 2.75) is 6.92 Å². The standard InChI is InChI=1S/C50H27N7/c1-29(25-51)39(26-52)55-48-30(2)42-35(31-15-7-3-8-16-31)23-37(33-19-11-5-12-20-33)44-46(42)47-43(48)36(32-17-9-4-10-18-32)24-38(34-21-13-6-14-22-34)45(47)50-49(44)56-40(27-53)41(28-54)57-50/h3-24H,1H2,2H3/b55-39-. The molecule has 9 aromatic rings. The Balaban J connectivity index is 1.71. The zero-order valence-electron chi connectivity index (χ0n) is 30.5. The summed E-state index contributed by atoms with van der Waals surface area (Å²) in [7, 11) is 0. The zero-order chi connectivity index (χ0) is 39.2. The van der Waals surface area contributed by atoms with Crippen LogP contribution in [0.4, 0.5) is 5.69 Å². The first kappa shape index (κ1) is 34.3. The van der Waals surface area contributed by atoms with Gasteiger partial charge < -0.3 is 0 Å². The van der Waals surface area contributed by atoms with E-state index in [0.29, 0.717) is 16.7 Å². The first-order valence-corrected chi connectivity index (χ1v) is 18.1. The summed E-state index contributed by atoms with van der Waals surface area (Å²) in [4.78, 5) is 15.0. The minimum absolute atomic E-state index is 0.0538. The maximum Gasteiger partial charge on any atom is 0.177 e. The highest BCUT2D eigenvalue weighted by Crippen LogP contribution is 2.55. The number of fused-ring (bicyclic) bond motifs is 3. The lowest BCUT2D eigenvalue weighted by Crippen LogP contribution is -2.03. The summed E-state index contributed by atoms with van der Waals surface area (Å²) in [5.41, 5.74) is 9.09. The number of allylic oxidation sites excluding steroid dienone is 1. The number of nitriles is 4. The highest BCUT2D eigenvalue weighted by molar-refractivity contribution is 6.42. The summed E-state index contributed by atoms with van der Waals surface area (Å²) in [5, 5.41) is 45.8. The highest BCUT2D eigenvalue weighted by atomic mass is 14.8. The van der Waals surface area contributed by atoms with Gasteiger partial charge in [0.05, 0.1) is 22.3 Å². The van der Waals surface area contributed by atoms with Gasteiger partial charge in [-0.05, 0) is 74.5 Å². The van der Waals surface area contributed by atoms with Crippen molar-refractivity contribution >= 4 is 54.7 Å². The van der Waals surface area contributed by atoms with E-state index in [-0.39, 0.29) is 22.7 Å². The summed E-state index contributed by atoms with van der Waals surface area (Å²) < 4.78 is 0. The zero-order valence-corrected chi connectivity index (χ0v) is 30.5. The quantitative estimate of drug-likeness (QED) is 0.0725. The summed E-state index contributed by atoms with van der Waals surface area (Å²) in [5.74, 6) is 0. The van der Waals surface area contributed by atoms with E-state index in [1.165, 1.54) is 0 Å². The molecule has 8 aromatic carbocycles. The second-order valence-electron chi connectivity index (χ2n) is 13.6. The molecule has 0 radical (unpaired) electrons. The van der Waals surface area contributed by atoms with E-state index in [1.807, 2.05) is 110 Å². The lowest BCUT2D eigenvalue weighted by molar-refractivity contribution is 1.21. The van der Waals surface area contributed by atoms with Gasteiger partial charge in [-0.15, -0.1) is 0 Å². The minimum Gasteiger partial charge on any atom is -0.235 e. The van der Waals surface area contributed by atoms with E-state index in [4.69, 9.17) is 15.0 Å². The summed E-state index contributed by atoms with van der Waals surface area (Å²) in [6.45, 7) is 5.87. The molecule has 9 rings (SSSR count). The number of aliphatic imine (C=N–C) groups is 1. The Morgan fingerprint density at radius 1 is 0.491 bits per heavy atom. The number of nitrogens with zero attached hydrogens (tertiary/aromatic N) is 7. The molecule has 0 atom stereocenters.